The summed E-state index contributed by atoms with van der Waals surface area (Å²) in [6.07, 6.45) is 2.53. The molecule has 8 nitrogen and oxygen atoms in total. The topological polar surface area (TPSA) is 85.4 Å². The lowest BCUT2D eigenvalue weighted by molar-refractivity contribution is -0.142. The maximum absolute atomic E-state index is 12.6. The van der Waals surface area contributed by atoms with Crippen molar-refractivity contribution in [2.45, 2.75) is 31.7 Å². The predicted octanol–water partition coefficient (Wildman–Crippen LogP) is 3.24. The van der Waals surface area contributed by atoms with Crippen LogP contribution in [0, 0.1) is 0 Å². The molecule has 2 amide bonds. The minimum absolute atomic E-state index is 0.143. The Hall–Kier alpha value is -3.39. The van der Waals surface area contributed by atoms with E-state index in [1.165, 1.54) is 12.0 Å². The SMILES string of the molecule is COC(=O)CC1c2cc(OC)c(OC)cc2CCN1CCCCN1C(=O)c2ccccc2C1=O. The van der Waals surface area contributed by atoms with E-state index >= 15 is 0 Å². The van der Waals surface area contributed by atoms with Crippen molar-refractivity contribution in [1.82, 2.24) is 9.80 Å². The number of rotatable bonds is 9. The summed E-state index contributed by atoms with van der Waals surface area (Å²) in [5.41, 5.74) is 3.12. The highest BCUT2D eigenvalue weighted by molar-refractivity contribution is 6.21. The van der Waals surface area contributed by atoms with E-state index in [2.05, 4.69) is 4.90 Å². The number of amides is 2. The third-order valence-corrected chi connectivity index (χ3v) is 6.66. The first-order valence-electron chi connectivity index (χ1n) is 11.5. The van der Waals surface area contributed by atoms with Gasteiger partial charge in [-0.3, -0.25) is 24.2 Å². The Labute approximate surface area is 199 Å². The van der Waals surface area contributed by atoms with E-state index in [1.54, 1.807) is 38.5 Å². The van der Waals surface area contributed by atoms with Gasteiger partial charge in [-0.05, 0) is 61.2 Å². The van der Waals surface area contributed by atoms with Gasteiger partial charge in [0.15, 0.2) is 11.5 Å². The summed E-state index contributed by atoms with van der Waals surface area (Å²) in [6.45, 7) is 1.90. The van der Waals surface area contributed by atoms with Crippen molar-refractivity contribution < 1.29 is 28.6 Å². The number of nitrogens with zero attached hydrogens (tertiary/aromatic N) is 2. The van der Waals surface area contributed by atoms with E-state index in [0.29, 0.717) is 35.6 Å². The number of imide groups is 1. The molecular weight excluding hydrogens is 436 g/mol. The second-order valence-electron chi connectivity index (χ2n) is 8.50. The highest BCUT2D eigenvalue weighted by Gasteiger charge is 2.35. The number of fused-ring (bicyclic) bond motifs is 2. The minimum atomic E-state index is -0.274. The summed E-state index contributed by atoms with van der Waals surface area (Å²) >= 11 is 0. The molecule has 1 atom stereocenters. The molecule has 1 unspecified atom stereocenters. The van der Waals surface area contributed by atoms with Gasteiger partial charge >= 0.3 is 5.97 Å². The molecule has 2 aliphatic heterocycles. The normalized spacial score (nSPS) is 17.4. The number of hydrogen-bond acceptors (Lipinski definition) is 7. The Morgan fingerprint density at radius 1 is 0.941 bits per heavy atom. The monoisotopic (exact) mass is 466 g/mol. The fourth-order valence-corrected chi connectivity index (χ4v) is 4.86. The van der Waals surface area contributed by atoms with Gasteiger partial charge in [-0.15, -0.1) is 0 Å². The van der Waals surface area contributed by atoms with Gasteiger partial charge < -0.3 is 14.2 Å². The highest BCUT2D eigenvalue weighted by Crippen LogP contribution is 2.39. The van der Waals surface area contributed by atoms with Crippen LogP contribution < -0.4 is 9.47 Å². The van der Waals surface area contributed by atoms with Crippen LogP contribution in [-0.4, -0.2) is 68.5 Å². The molecule has 2 aromatic rings. The van der Waals surface area contributed by atoms with E-state index in [1.807, 2.05) is 12.1 Å². The van der Waals surface area contributed by atoms with Crippen LogP contribution in [0.5, 0.6) is 11.5 Å². The van der Waals surface area contributed by atoms with Crippen molar-refractivity contribution in [2.75, 3.05) is 41.0 Å². The summed E-state index contributed by atoms with van der Waals surface area (Å²) in [5.74, 6) is 0.578. The zero-order chi connectivity index (χ0) is 24.2. The number of unbranched alkanes of at least 4 members (excludes halogenated alkanes) is 1. The average molecular weight is 467 g/mol. The third kappa shape index (κ3) is 4.50. The van der Waals surface area contributed by atoms with Gasteiger partial charge in [0.2, 0.25) is 0 Å². The maximum atomic E-state index is 12.6. The lowest BCUT2D eigenvalue weighted by Gasteiger charge is -2.37. The summed E-state index contributed by atoms with van der Waals surface area (Å²) < 4.78 is 15.9. The molecule has 180 valence electrons. The Bertz CT molecular complexity index is 1060. The van der Waals surface area contributed by atoms with Crippen molar-refractivity contribution >= 4 is 17.8 Å². The molecule has 0 N–H and O–H groups in total. The van der Waals surface area contributed by atoms with E-state index in [-0.39, 0.29) is 30.2 Å². The Balaban J connectivity index is 1.43. The van der Waals surface area contributed by atoms with Gasteiger partial charge in [-0.2, -0.15) is 0 Å². The van der Waals surface area contributed by atoms with Crippen LogP contribution in [-0.2, 0) is 16.0 Å². The molecule has 0 fully saturated rings. The zero-order valence-electron chi connectivity index (χ0n) is 19.8. The molecule has 0 saturated heterocycles. The number of carbonyl (C=O) groups excluding carboxylic acids is 3. The number of benzene rings is 2. The molecule has 2 aliphatic rings. The first-order chi connectivity index (χ1) is 16.5. The van der Waals surface area contributed by atoms with Gasteiger partial charge in [0.25, 0.3) is 11.8 Å². The van der Waals surface area contributed by atoms with E-state index in [9.17, 15) is 14.4 Å². The number of hydrogen-bond donors (Lipinski definition) is 0. The first-order valence-corrected chi connectivity index (χ1v) is 11.5. The van der Waals surface area contributed by atoms with E-state index < -0.39 is 0 Å². The molecule has 8 heteroatoms. The Morgan fingerprint density at radius 2 is 1.56 bits per heavy atom. The molecule has 0 bridgehead atoms. The van der Waals surface area contributed by atoms with Crippen LogP contribution in [0.15, 0.2) is 36.4 Å². The van der Waals surface area contributed by atoms with Crippen LogP contribution in [0.25, 0.3) is 0 Å². The lowest BCUT2D eigenvalue weighted by atomic mass is 9.89. The third-order valence-electron chi connectivity index (χ3n) is 6.66. The van der Waals surface area contributed by atoms with Crippen LogP contribution >= 0.6 is 0 Å². The van der Waals surface area contributed by atoms with Gasteiger partial charge in [-0.25, -0.2) is 0 Å². The summed E-state index contributed by atoms with van der Waals surface area (Å²) in [6, 6.07) is 10.7. The quantitative estimate of drug-likeness (QED) is 0.319. The first kappa shape index (κ1) is 23.8. The molecular formula is C26H30N2O6. The molecule has 0 saturated carbocycles. The van der Waals surface area contributed by atoms with Gasteiger partial charge in [0, 0.05) is 19.1 Å². The van der Waals surface area contributed by atoms with Crippen molar-refractivity contribution in [3.05, 3.63) is 58.7 Å². The fraction of sp³-hybridized carbons (Fsp3) is 0.423. The van der Waals surface area contributed by atoms with E-state index in [0.717, 1.165) is 37.1 Å². The van der Waals surface area contributed by atoms with Crippen molar-refractivity contribution in [3.8, 4) is 11.5 Å². The van der Waals surface area contributed by atoms with Gasteiger partial charge in [0.1, 0.15) is 0 Å². The maximum Gasteiger partial charge on any atom is 0.307 e. The number of ether oxygens (including phenoxy) is 3. The van der Waals surface area contributed by atoms with E-state index in [4.69, 9.17) is 14.2 Å². The van der Waals surface area contributed by atoms with Gasteiger partial charge in [0.05, 0.1) is 38.9 Å². The Morgan fingerprint density at radius 3 is 2.18 bits per heavy atom. The van der Waals surface area contributed by atoms with Crippen molar-refractivity contribution in [2.24, 2.45) is 0 Å². The highest BCUT2D eigenvalue weighted by atomic mass is 16.5. The molecule has 0 spiro atoms. The molecule has 0 aliphatic carbocycles. The molecule has 2 aromatic carbocycles. The number of carbonyl (C=O) groups is 3. The fourth-order valence-electron chi connectivity index (χ4n) is 4.86. The Kier molecular flexibility index (Phi) is 7.17. The van der Waals surface area contributed by atoms with Crippen LogP contribution in [0.1, 0.15) is 57.1 Å². The molecule has 2 heterocycles. The van der Waals surface area contributed by atoms with Crippen molar-refractivity contribution in [3.63, 3.8) is 0 Å². The molecule has 34 heavy (non-hydrogen) atoms. The van der Waals surface area contributed by atoms with Gasteiger partial charge in [-0.1, -0.05) is 12.1 Å². The summed E-state index contributed by atoms with van der Waals surface area (Å²) in [4.78, 5) is 41.0. The zero-order valence-corrected chi connectivity index (χ0v) is 19.8. The number of esters is 1. The predicted molar refractivity (Wildman–Crippen MR) is 125 cm³/mol. The largest absolute Gasteiger partial charge is 0.493 e. The molecule has 4 rings (SSSR count). The molecule has 0 radical (unpaired) electrons. The summed E-state index contributed by atoms with van der Waals surface area (Å²) in [7, 11) is 4.60. The second-order valence-corrected chi connectivity index (χ2v) is 8.50. The number of methoxy groups -OCH3 is 3. The van der Waals surface area contributed by atoms with Crippen LogP contribution in [0.3, 0.4) is 0 Å². The average Bonchev–Trinajstić information content (AvgIpc) is 3.11. The second kappa shape index (κ2) is 10.3. The van der Waals surface area contributed by atoms with Crippen molar-refractivity contribution in [1.29, 1.82) is 0 Å². The molecule has 0 aromatic heterocycles. The smallest absolute Gasteiger partial charge is 0.307 e. The van der Waals surface area contributed by atoms with Crippen LogP contribution in [0.2, 0.25) is 0 Å². The standard InChI is InChI=1S/C26H30N2O6/c1-32-22-14-17-10-13-27(21(16-24(29)34-3)20(17)15-23(22)33-2)11-6-7-12-28-25(30)18-8-4-5-9-19(18)26(28)31/h4-5,8-9,14-15,21H,6-7,10-13,16H2,1-3H3. The lowest BCUT2D eigenvalue weighted by Crippen LogP contribution is -2.38. The summed E-state index contributed by atoms with van der Waals surface area (Å²) in [5, 5.41) is 0. The van der Waals surface area contributed by atoms with Crippen LogP contribution in [0.4, 0.5) is 0 Å². The minimum Gasteiger partial charge on any atom is -0.493 e.